The molecule has 1 saturated carbocycles. The lowest BCUT2D eigenvalue weighted by Gasteiger charge is -2.23. The summed E-state index contributed by atoms with van der Waals surface area (Å²) < 4.78 is 0. The molecule has 6 nitrogen and oxygen atoms in total. The van der Waals surface area contributed by atoms with E-state index in [1.807, 2.05) is 36.6 Å². The van der Waals surface area contributed by atoms with E-state index in [1.165, 1.54) is 23.5 Å². The summed E-state index contributed by atoms with van der Waals surface area (Å²) in [6.07, 6.45) is 4.01. The Morgan fingerprint density at radius 1 is 1.17 bits per heavy atom. The van der Waals surface area contributed by atoms with Gasteiger partial charge in [0.25, 0.3) is 5.69 Å². The Kier molecular flexibility index (Phi) is 5.40. The smallest absolute Gasteiger partial charge is 0.269 e. The van der Waals surface area contributed by atoms with Gasteiger partial charge in [-0.25, -0.2) is 4.98 Å². The predicted octanol–water partition coefficient (Wildman–Crippen LogP) is 5.88. The third kappa shape index (κ3) is 4.05. The van der Waals surface area contributed by atoms with Crippen LogP contribution < -0.4 is 4.90 Å². The van der Waals surface area contributed by atoms with Crippen LogP contribution in [0.3, 0.4) is 0 Å². The van der Waals surface area contributed by atoms with E-state index in [-0.39, 0.29) is 17.5 Å². The van der Waals surface area contributed by atoms with Crippen molar-refractivity contribution in [3.63, 3.8) is 0 Å². The molecule has 0 bridgehead atoms. The van der Waals surface area contributed by atoms with Crippen LogP contribution in [0.2, 0.25) is 0 Å². The highest BCUT2D eigenvalue weighted by Gasteiger charge is 2.30. The molecule has 2 aromatic carbocycles. The van der Waals surface area contributed by atoms with Crippen LogP contribution in [0.1, 0.15) is 31.2 Å². The molecule has 0 aliphatic heterocycles. The number of nitro benzene ring substituents is 1. The second-order valence-corrected chi connectivity index (χ2v) is 8.15. The number of benzene rings is 2. The number of anilines is 2. The summed E-state index contributed by atoms with van der Waals surface area (Å²) in [5, 5.41) is 13.4. The topological polar surface area (TPSA) is 76.3 Å². The molecule has 4 rings (SSSR count). The molecule has 0 unspecified atom stereocenters. The minimum atomic E-state index is -0.421. The minimum Gasteiger partial charge on any atom is -0.274 e. The Labute approximate surface area is 173 Å². The number of nitro groups is 1. The van der Waals surface area contributed by atoms with E-state index in [2.05, 4.69) is 0 Å². The Hall–Kier alpha value is -3.06. The zero-order valence-electron chi connectivity index (χ0n) is 16.1. The fourth-order valence-corrected chi connectivity index (χ4v) is 4.57. The van der Waals surface area contributed by atoms with E-state index in [9.17, 15) is 14.9 Å². The molecule has 1 heterocycles. The number of hydrogen-bond acceptors (Lipinski definition) is 5. The summed E-state index contributed by atoms with van der Waals surface area (Å²) in [6.45, 7) is 2.01. The highest BCUT2D eigenvalue weighted by molar-refractivity contribution is 7.14. The van der Waals surface area contributed by atoms with E-state index < -0.39 is 4.92 Å². The quantitative estimate of drug-likeness (QED) is 0.391. The first-order chi connectivity index (χ1) is 14.0. The van der Waals surface area contributed by atoms with Crippen molar-refractivity contribution in [3.05, 3.63) is 69.6 Å². The summed E-state index contributed by atoms with van der Waals surface area (Å²) in [4.78, 5) is 30.2. The average Bonchev–Trinajstić information content (AvgIpc) is 3.41. The molecule has 29 heavy (non-hydrogen) atoms. The maximum Gasteiger partial charge on any atom is 0.269 e. The maximum absolute atomic E-state index is 13.3. The number of carbonyl (C=O) groups excluding carboxylic acids is 1. The monoisotopic (exact) mass is 407 g/mol. The fraction of sp³-hybridized carbons (Fsp3) is 0.273. The highest BCUT2D eigenvalue weighted by Crippen LogP contribution is 2.37. The molecule has 0 spiro atoms. The molecule has 3 aromatic rings. The molecule has 0 saturated heterocycles. The summed E-state index contributed by atoms with van der Waals surface area (Å²) in [6, 6.07) is 14.2. The van der Waals surface area contributed by atoms with Crippen molar-refractivity contribution in [3.8, 4) is 11.3 Å². The third-order valence-electron chi connectivity index (χ3n) is 5.24. The van der Waals surface area contributed by atoms with Crippen LogP contribution in [-0.2, 0) is 4.79 Å². The lowest BCUT2D eigenvalue weighted by Crippen LogP contribution is -2.31. The first-order valence-corrected chi connectivity index (χ1v) is 10.5. The molecule has 7 heteroatoms. The van der Waals surface area contributed by atoms with Gasteiger partial charge in [0.15, 0.2) is 5.13 Å². The van der Waals surface area contributed by atoms with Crippen LogP contribution in [0, 0.1) is 23.0 Å². The van der Waals surface area contributed by atoms with Crippen LogP contribution in [0.4, 0.5) is 16.5 Å². The highest BCUT2D eigenvalue weighted by atomic mass is 32.1. The average molecular weight is 407 g/mol. The molecule has 148 valence electrons. The SMILES string of the molecule is Cc1cccc(N(C(=O)C2CCCC2)c2nc(-c3ccc([N+](=O)[O-])cc3)cs2)c1. The number of hydrogen-bond donors (Lipinski definition) is 0. The molecular weight excluding hydrogens is 386 g/mol. The molecule has 1 aliphatic carbocycles. The van der Waals surface area contributed by atoms with Crippen LogP contribution in [0.5, 0.6) is 0 Å². The Bertz CT molecular complexity index is 1040. The first-order valence-electron chi connectivity index (χ1n) is 9.64. The minimum absolute atomic E-state index is 0.0298. The second-order valence-electron chi connectivity index (χ2n) is 7.31. The number of aryl methyl sites for hydroxylation is 1. The Morgan fingerprint density at radius 2 is 1.90 bits per heavy atom. The van der Waals surface area contributed by atoms with E-state index >= 15 is 0 Å². The van der Waals surface area contributed by atoms with Gasteiger partial charge < -0.3 is 0 Å². The summed E-state index contributed by atoms with van der Waals surface area (Å²) >= 11 is 1.41. The maximum atomic E-state index is 13.3. The number of carbonyl (C=O) groups is 1. The van der Waals surface area contributed by atoms with Gasteiger partial charge >= 0.3 is 0 Å². The van der Waals surface area contributed by atoms with Gasteiger partial charge in [0.05, 0.1) is 16.3 Å². The van der Waals surface area contributed by atoms with Crippen LogP contribution in [0.25, 0.3) is 11.3 Å². The van der Waals surface area contributed by atoms with E-state index in [0.29, 0.717) is 10.8 Å². The van der Waals surface area contributed by atoms with Crippen molar-refractivity contribution in [2.45, 2.75) is 32.6 Å². The zero-order valence-corrected chi connectivity index (χ0v) is 16.9. The molecule has 1 amide bonds. The molecule has 1 fully saturated rings. The molecule has 0 N–H and O–H groups in total. The van der Waals surface area contributed by atoms with Crippen molar-refractivity contribution in [1.29, 1.82) is 0 Å². The zero-order chi connectivity index (χ0) is 20.4. The number of rotatable bonds is 5. The Morgan fingerprint density at radius 3 is 2.55 bits per heavy atom. The van der Waals surface area contributed by atoms with Gasteiger partial charge in [-0.15, -0.1) is 11.3 Å². The van der Waals surface area contributed by atoms with E-state index in [0.717, 1.165) is 42.5 Å². The van der Waals surface area contributed by atoms with Crippen molar-refractivity contribution < 1.29 is 9.72 Å². The second kappa shape index (κ2) is 8.13. The third-order valence-corrected chi connectivity index (χ3v) is 6.07. The van der Waals surface area contributed by atoms with Crippen molar-refractivity contribution in [2.75, 3.05) is 4.90 Å². The first kappa shape index (κ1) is 19.3. The lowest BCUT2D eigenvalue weighted by atomic mass is 10.1. The largest absolute Gasteiger partial charge is 0.274 e. The molecule has 0 radical (unpaired) electrons. The molecular formula is C22H21N3O3S. The number of nitrogens with zero attached hydrogens (tertiary/aromatic N) is 3. The summed E-state index contributed by atoms with van der Waals surface area (Å²) in [7, 11) is 0. The standard InChI is InChI=1S/C22H21N3O3S/c1-15-5-4-8-19(13-15)24(21(26)17-6-2-3-7-17)22-23-20(14-29-22)16-9-11-18(12-10-16)25(27)28/h4-5,8-14,17H,2-3,6-7H2,1H3. The van der Waals surface area contributed by atoms with Crippen LogP contribution in [-0.4, -0.2) is 15.8 Å². The van der Waals surface area contributed by atoms with Crippen molar-refractivity contribution in [1.82, 2.24) is 4.98 Å². The van der Waals surface area contributed by atoms with Gasteiger partial charge in [0.1, 0.15) is 0 Å². The summed E-state index contributed by atoms with van der Waals surface area (Å²) in [5.74, 6) is 0.125. The number of thiazole rings is 1. The molecule has 1 aliphatic rings. The number of aromatic nitrogens is 1. The summed E-state index contributed by atoms with van der Waals surface area (Å²) in [5.41, 5.74) is 3.44. The number of non-ortho nitro benzene ring substituents is 1. The predicted molar refractivity (Wildman–Crippen MR) is 114 cm³/mol. The van der Waals surface area contributed by atoms with Gasteiger partial charge in [-0.05, 0) is 49.6 Å². The fourth-order valence-electron chi connectivity index (χ4n) is 3.71. The van der Waals surface area contributed by atoms with Gasteiger partial charge in [0.2, 0.25) is 5.91 Å². The van der Waals surface area contributed by atoms with Gasteiger partial charge in [-0.2, -0.15) is 0 Å². The van der Waals surface area contributed by atoms with Crippen molar-refractivity contribution in [2.24, 2.45) is 5.92 Å². The van der Waals surface area contributed by atoms with E-state index in [4.69, 9.17) is 4.98 Å². The van der Waals surface area contributed by atoms with Crippen LogP contribution in [0.15, 0.2) is 53.9 Å². The van der Waals surface area contributed by atoms with E-state index in [1.54, 1.807) is 17.0 Å². The Balaban J connectivity index is 1.69. The van der Waals surface area contributed by atoms with Gasteiger partial charge in [-0.3, -0.25) is 19.8 Å². The van der Waals surface area contributed by atoms with Gasteiger partial charge in [0, 0.05) is 29.0 Å². The molecule has 1 aromatic heterocycles. The number of amides is 1. The van der Waals surface area contributed by atoms with Crippen molar-refractivity contribution >= 4 is 33.8 Å². The normalized spacial score (nSPS) is 14.1. The van der Waals surface area contributed by atoms with Gasteiger partial charge in [-0.1, -0.05) is 25.0 Å². The van der Waals surface area contributed by atoms with Crippen LogP contribution >= 0.6 is 11.3 Å². The lowest BCUT2D eigenvalue weighted by molar-refractivity contribution is -0.384. The molecule has 0 atom stereocenters.